The summed E-state index contributed by atoms with van der Waals surface area (Å²) in [5.41, 5.74) is 1.88. The van der Waals surface area contributed by atoms with Gasteiger partial charge in [0.25, 0.3) is 0 Å². The Hall–Kier alpha value is -0.930. The number of hydrogen-bond acceptors (Lipinski definition) is 2. The van der Waals surface area contributed by atoms with Crippen molar-refractivity contribution in [2.45, 2.75) is 45.8 Å². The minimum atomic E-state index is -0.446. The number of hydrogen-bond donors (Lipinski definition) is 2. The molecule has 0 aliphatic carbocycles. The van der Waals surface area contributed by atoms with E-state index in [1.54, 1.807) is 6.07 Å². The van der Waals surface area contributed by atoms with Crippen LogP contribution < -0.4 is 5.32 Å². The lowest BCUT2D eigenvalue weighted by molar-refractivity contribution is 0.161. The molecular weight excluding hydrogens is 217 g/mol. The van der Waals surface area contributed by atoms with Gasteiger partial charge in [-0.3, -0.25) is 0 Å². The van der Waals surface area contributed by atoms with Gasteiger partial charge in [0.1, 0.15) is 5.82 Å². The highest BCUT2D eigenvalue weighted by Gasteiger charge is 2.13. The SMILES string of the molecule is Cc1cc(F)ccc1CC(O)CNC(C)(C)C. The number of nitrogens with one attached hydrogen (secondary N) is 1. The molecule has 1 atom stereocenters. The maximum atomic E-state index is 12.9. The van der Waals surface area contributed by atoms with Crippen molar-refractivity contribution in [3.63, 3.8) is 0 Å². The third kappa shape index (κ3) is 5.29. The molecule has 96 valence electrons. The highest BCUT2D eigenvalue weighted by molar-refractivity contribution is 5.27. The molecule has 0 aromatic heterocycles. The van der Waals surface area contributed by atoms with E-state index in [9.17, 15) is 9.50 Å². The zero-order chi connectivity index (χ0) is 13.1. The number of aryl methyl sites for hydroxylation is 1. The highest BCUT2D eigenvalue weighted by atomic mass is 19.1. The second-order valence-corrected chi connectivity index (χ2v) is 5.56. The maximum absolute atomic E-state index is 12.9. The lowest BCUT2D eigenvalue weighted by Crippen LogP contribution is -2.41. The molecule has 2 nitrogen and oxygen atoms in total. The molecular formula is C14H22FNO. The van der Waals surface area contributed by atoms with Crippen molar-refractivity contribution in [2.75, 3.05) is 6.54 Å². The Morgan fingerprint density at radius 2 is 2.00 bits per heavy atom. The van der Waals surface area contributed by atoms with E-state index in [0.29, 0.717) is 13.0 Å². The van der Waals surface area contributed by atoms with Crippen molar-refractivity contribution in [3.05, 3.63) is 35.1 Å². The molecule has 2 N–H and O–H groups in total. The van der Waals surface area contributed by atoms with E-state index in [2.05, 4.69) is 26.1 Å². The van der Waals surface area contributed by atoms with Gasteiger partial charge in [-0.2, -0.15) is 0 Å². The topological polar surface area (TPSA) is 32.3 Å². The van der Waals surface area contributed by atoms with E-state index in [1.807, 2.05) is 6.92 Å². The van der Waals surface area contributed by atoms with Crippen molar-refractivity contribution in [1.29, 1.82) is 0 Å². The average molecular weight is 239 g/mol. The molecule has 0 aliphatic rings. The third-order valence-electron chi connectivity index (χ3n) is 2.63. The molecule has 1 unspecified atom stereocenters. The average Bonchev–Trinajstić information content (AvgIpc) is 2.18. The second kappa shape index (κ2) is 5.61. The summed E-state index contributed by atoms with van der Waals surface area (Å²) in [6, 6.07) is 4.68. The first-order chi connectivity index (χ1) is 7.78. The van der Waals surface area contributed by atoms with Crippen molar-refractivity contribution < 1.29 is 9.50 Å². The number of β-amino-alcohol motifs (C(OH)–C–C–N with tert-alkyl or cyclic N) is 1. The van der Waals surface area contributed by atoms with Crippen LogP contribution >= 0.6 is 0 Å². The van der Waals surface area contributed by atoms with Crippen LogP contribution in [0, 0.1) is 12.7 Å². The van der Waals surface area contributed by atoms with E-state index in [1.165, 1.54) is 12.1 Å². The molecule has 0 radical (unpaired) electrons. The number of benzene rings is 1. The van der Waals surface area contributed by atoms with E-state index in [-0.39, 0.29) is 11.4 Å². The normalized spacial score (nSPS) is 13.8. The Bertz CT molecular complexity index is 371. The molecule has 0 heterocycles. The fraction of sp³-hybridized carbons (Fsp3) is 0.571. The highest BCUT2D eigenvalue weighted by Crippen LogP contribution is 2.12. The largest absolute Gasteiger partial charge is 0.391 e. The fourth-order valence-corrected chi connectivity index (χ4v) is 1.64. The monoisotopic (exact) mass is 239 g/mol. The molecule has 0 bridgehead atoms. The summed E-state index contributed by atoms with van der Waals surface area (Å²) in [6.45, 7) is 8.58. The van der Waals surface area contributed by atoms with Gasteiger partial charge in [-0.05, 0) is 57.4 Å². The lowest BCUT2D eigenvalue weighted by atomic mass is 10.0. The van der Waals surface area contributed by atoms with Crippen LogP contribution in [0.2, 0.25) is 0 Å². The molecule has 17 heavy (non-hydrogen) atoms. The van der Waals surface area contributed by atoms with Gasteiger partial charge in [-0.1, -0.05) is 6.07 Å². The Balaban J connectivity index is 2.53. The quantitative estimate of drug-likeness (QED) is 0.845. The van der Waals surface area contributed by atoms with Crippen LogP contribution in [-0.4, -0.2) is 23.3 Å². The van der Waals surface area contributed by atoms with Gasteiger partial charge in [0, 0.05) is 12.1 Å². The van der Waals surface area contributed by atoms with Crippen LogP contribution in [0.5, 0.6) is 0 Å². The molecule has 0 saturated heterocycles. The number of aliphatic hydroxyl groups is 1. The Morgan fingerprint density at radius 3 is 2.53 bits per heavy atom. The van der Waals surface area contributed by atoms with E-state index in [0.717, 1.165) is 11.1 Å². The van der Waals surface area contributed by atoms with Crippen molar-refractivity contribution in [1.82, 2.24) is 5.32 Å². The van der Waals surface area contributed by atoms with Crippen LogP contribution in [0.4, 0.5) is 4.39 Å². The van der Waals surface area contributed by atoms with Gasteiger partial charge in [0.2, 0.25) is 0 Å². The summed E-state index contributed by atoms with van der Waals surface area (Å²) in [5, 5.41) is 13.2. The van der Waals surface area contributed by atoms with E-state index >= 15 is 0 Å². The molecule has 0 spiro atoms. The van der Waals surface area contributed by atoms with Gasteiger partial charge in [0.15, 0.2) is 0 Å². The standard InChI is InChI=1S/C14H22FNO/c1-10-7-12(15)6-5-11(10)8-13(17)9-16-14(2,3)4/h5-7,13,16-17H,8-9H2,1-4H3. The molecule has 0 aliphatic heterocycles. The number of aliphatic hydroxyl groups excluding tert-OH is 1. The van der Waals surface area contributed by atoms with Crippen molar-refractivity contribution >= 4 is 0 Å². The molecule has 0 saturated carbocycles. The van der Waals surface area contributed by atoms with Crippen LogP contribution in [0.15, 0.2) is 18.2 Å². The first-order valence-corrected chi connectivity index (χ1v) is 5.96. The summed E-state index contributed by atoms with van der Waals surface area (Å²) in [6.07, 6.45) is 0.105. The zero-order valence-electron chi connectivity index (χ0n) is 11.0. The van der Waals surface area contributed by atoms with E-state index < -0.39 is 6.10 Å². The van der Waals surface area contributed by atoms with Gasteiger partial charge >= 0.3 is 0 Å². The second-order valence-electron chi connectivity index (χ2n) is 5.56. The lowest BCUT2D eigenvalue weighted by Gasteiger charge is -2.23. The predicted molar refractivity (Wildman–Crippen MR) is 68.6 cm³/mol. The third-order valence-corrected chi connectivity index (χ3v) is 2.63. The zero-order valence-corrected chi connectivity index (χ0v) is 11.0. The Morgan fingerprint density at radius 1 is 1.35 bits per heavy atom. The summed E-state index contributed by atoms with van der Waals surface area (Å²) < 4.78 is 12.9. The summed E-state index contributed by atoms with van der Waals surface area (Å²) in [5.74, 6) is -0.228. The predicted octanol–water partition coefficient (Wildman–Crippen LogP) is 2.43. The summed E-state index contributed by atoms with van der Waals surface area (Å²) in [7, 11) is 0. The fourth-order valence-electron chi connectivity index (χ4n) is 1.64. The number of halogens is 1. The minimum Gasteiger partial charge on any atom is -0.391 e. The van der Waals surface area contributed by atoms with Crippen LogP contribution in [-0.2, 0) is 6.42 Å². The minimum absolute atomic E-state index is 0.00117. The molecule has 0 fully saturated rings. The summed E-state index contributed by atoms with van der Waals surface area (Å²) >= 11 is 0. The van der Waals surface area contributed by atoms with Gasteiger partial charge < -0.3 is 10.4 Å². The van der Waals surface area contributed by atoms with Crippen molar-refractivity contribution in [2.24, 2.45) is 0 Å². The summed E-state index contributed by atoms with van der Waals surface area (Å²) in [4.78, 5) is 0. The van der Waals surface area contributed by atoms with Crippen molar-refractivity contribution in [3.8, 4) is 0 Å². The molecule has 1 aromatic carbocycles. The molecule has 0 amide bonds. The van der Waals surface area contributed by atoms with Crippen LogP contribution in [0.1, 0.15) is 31.9 Å². The van der Waals surface area contributed by atoms with E-state index in [4.69, 9.17) is 0 Å². The maximum Gasteiger partial charge on any atom is 0.123 e. The first kappa shape index (κ1) is 14.1. The number of rotatable bonds is 4. The smallest absolute Gasteiger partial charge is 0.123 e. The first-order valence-electron chi connectivity index (χ1n) is 5.96. The Kier molecular flexibility index (Phi) is 4.66. The molecule has 1 rings (SSSR count). The van der Waals surface area contributed by atoms with Gasteiger partial charge in [0.05, 0.1) is 6.10 Å². The molecule has 1 aromatic rings. The van der Waals surface area contributed by atoms with Gasteiger partial charge in [-0.25, -0.2) is 4.39 Å². The molecule has 3 heteroatoms. The van der Waals surface area contributed by atoms with Gasteiger partial charge in [-0.15, -0.1) is 0 Å². The van der Waals surface area contributed by atoms with Crippen LogP contribution in [0.25, 0.3) is 0 Å². The Labute approximate surface area is 103 Å². The van der Waals surface area contributed by atoms with Crippen LogP contribution in [0.3, 0.4) is 0 Å².